The van der Waals surface area contributed by atoms with Gasteiger partial charge in [-0.25, -0.2) is 8.78 Å². The summed E-state index contributed by atoms with van der Waals surface area (Å²) in [7, 11) is 0. The predicted octanol–water partition coefficient (Wildman–Crippen LogP) is 4.49. The van der Waals surface area contributed by atoms with E-state index < -0.39 is 11.6 Å². The Kier molecular flexibility index (Phi) is 4.32. The van der Waals surface area contributed by atoms with Crippen LogP contribution in [0.2, 0.25) is 0 Å². The monoisotopic (exact) mass is 281 g/mol. The van der Waals surface area contributed by atoms with E-state index in [4.69, 9.17) is 0 Å². The van der Waals surface area contributed by atoms with Gasteiger partial charge in [0.2, 0.25) is 0 Å². The lowest BCUT2D eigenvalue weighted by molar-refractivity contribution is 0.473. The van der Waals surface area contributed by atoms with E-state index in [2.05, 4.69) is 25.2 Å². The minimum Gasteiger partial charge on any atom is -0.305 e. The predicted molar refractivity (Wildman–Crippen MR) is 75.4 cm³/mol. The molecule has 1 heterocycles. The Morgan fingerprint density at radius 1 is 1.26 bits per heavy atom. The summed E-state index contributed by atoms with van der Waals surface area (Å²) < 4.78 is 26.8. The van der Waals surface area contributed by atoms with Gasteiger partial charge in [-0.15, -0.1) is 11.3 Å². The summed E-state index contributed by atoms with van der Waals surface area (Å²) in [5.41, 5.74) is 1.64. The second-order valence-corrected chi connectivity index (χ2v) is 6.04. The Balaban J connectivity index is 2.05. The van der Waals surface area contributed by atoms with Crippen molar-refractivity contribution in [3.63, 3.8) is 0 Å². The highest BCUT2D eigenvalue weighted by Gasteiger charge is 2.14. The minimum absolute atomic E-state index is 0.224. The number of benzene rings is 1. The molecule has 1 atom stereocenters. The highest BCUT2D eigenvalue weighted by atomic mass is 32.1. The Hall–Kier alpha value is -1.26. The molecule has 0 aliphatic heterocycles. The van der Waals surface area contributed by atoms with Gasteiger partial charge in [0, 0.05) is 27.9 Å². The second kappa shape index (κ2) is 5.80. The fourth-order valence-corrected chi connectivity index (χ4v) is 2.96. The van der Waals surface area contributed by atoms with Crippen LogP contribution >= 0.6 is 11.3 Å². The van der Waals surface area contributed by atoms with Crippen LogP contribution in [0.4, 0.5) is 8.78 Å². The average molecular weight is 281 g/mol. The highest BCUT2D eigenvalue weighted by Crippen LogP contribution is 2.23. The topological polar surface area (TPSA) is 12.0 Å². The van der Waals surface area contributed by atoms with Gasteiger partial charge in [-0.3, -0.25) is 0 Å². The smallest absolute Gasteiger partial charge is 0.163 e. The zero-order chi connectivity index (χ0) is 14.0. The van der Waals surface area contributed by atoms with Crippen LogP contribution in [-0.2, 0) is 6.54 Å². The molecule has 1 nitrogen and oxygen atoms in total. The average Bonchev–Trinajstić information content (AvgIpc) is 2.69. The van der Waals surface area contributed by atoms with Gasteiger partial charge in [-0.05, 0) is 38.5 Å². The van der Waals surface area contributed by atoms with E-state index in [1.54, 1.807) is 17.4 Å². The van der Waals surface area contributed by atoms with Crippen molar-refractivity contribution in [3.8, 4) is 0 Å². The van der Waals surface area contributed by atoms with E-state index in [-0.39, 0.29) is 6.04 Å². The second-order valence-electron chi connectivity index (χ2n) is 4.70. The minimum atomic E-state index is -0.797. The lowest BCUT2D eigenvalue weighted by Gasteiger charge is -2.14. The number of aryl methyl sites for hydroxylation is 2. The van der Waals surface area contributed by atoms with E-state index in [0.29, 0.717) is 12.1 Å². The van der Waals surface area contributed by atoms with Crippen molar-refractivity contribution in [2.24, 2.45) is 0 Å². The first-order valence-electron chi connectivity index (χ1n) is 6.22. The third-order valence-corrected chi connectivity index (χ3v) is 4.40. The maximum atomic E-state index is 13.6. The molecular weight excluding hydrogens is 264 g/mol. The molecule has 0 spiro atoms. The molecule has 1 unspecified atom stereocenters. The SMILES string of the molecule is Cc1cc(CNC(C)c2cccc(F)c2F)sc1C. The molecule has 1 aromatic heterocycles. The van der Waals surface area contributed by atoms with Crippen molar-refractivity contribution in [1.29, 1.82) is 0 Å². The largest absolute Gasteiger partial charge is 0.305 e. The Labute approximate surface area is 116 Å². The van der Waals surface area contributed by atoms with E-state index in [1.165, 1.54) is 21.4 Å². The summed E-state index contributed by atoms with van der Waals surface area (Å²) >= 11 is 1.73. The molecule has 1 N–H and O–H groups in total. The van der Waals surface area contributed by atoms with Gasteiger partial charge in [0.1, 0.15) is 0 Å². The van der Waals surface area contributed by atoms with Crippen LogP contribution in [0.3, 0.4) is 0 Å². The molecule has 0 saturated heterocycles. The van der Waals surface area contributed by atoms with Crippen LogP contribution in [0.1, 0.15) is 33.8 Å². The summed E-state index contributed by atoms with van der Waals surface area (Å²) in [6.45, 7) is 6.66. The van der Waals surface area contributed by atoms with Crippen molar-refractivity contribution in [1.82, 2.24) is 5.32 Å². The van der Waals surface area contributed by atoms with Gasteiger partial charge in [-0.1, -0.05) is 12.1 Å². The first kappa shape index (κ1) is 14.2. The van der Waals surface area contributed by atoms with Crippen LogP contribution in [0, 0.1) is 25.5 Å². The van der Waals surface area contributed by atoms with Gasteiger partial charge in [0.05, 0.1) is 0 Å². The number of halogens is 2. The third-order valence-electron chi connectivity index (χ3n) is 3.25. The molecule has 0 fully saturated rings. The molecule has 0 aliphatic carbocycles. The third kappa shape index (κ3) is 3.19. The molecule has 2 rings (SSSR count). The quantitative estimate of drug-likeness (QED) is 0.870. The normalized spacial score (nSPS) is 12.7. The van der Waals surface area contributed by atoms with Crippen molar-refractivity contribution >= 4 is 11.3 Å². The lowest BCUT2D eigenvalue weighted by atomic mass is 10.1. The van der Waals surface area contributed by atoms with Crippen molar-refractivity contribution in [3.05, 3.63) is 56.8 Å². The van der Waals surface area contributed by atoms with E-state index in [1.807, 2.05) is 6.92 Å². The molecule has 0 amide bonds. The van der Waals surface area contributed by atoms with Crippen LogP contribution in [0.5, 0.6) is 0 Å². The number of hydrogen-bond donors (Lipinski definition) is 1. The number of nitrogens with one attached hydrogen (secondary N) is 1. The molecule has 0 saturated carbocycles. The summed E-state index contributed by atoms with van der Waals surface area (Å²) in [6.07, 6.45) is 0. The molecule has 4 heteroatoms. The van der Waals surface area contributed by atoms with E-state index in [9.17, 15) is 8.78 Å². The van der Waals surface area contributed by atoms with Gasteiger partial charge >= 0.3 is 0 Å². The van der Waals surface area contributed by atoms with E-state index in [0.717, 1.165) is 6.07 Å². The molecule has 102 valence electrons. The number of thiophene rings is 1. The van der Waals surface area contributed by atoms with Crippen LogP contribution < -0.4 is 5.32 Å². The molecule has 19 heavy (non-hydrogen) atoms. The summed E-state index contributed by atoms with van der Waals surface area (Å²) in [6, 6.07) is 6.18. The van der Waals surface area contributed by atoms with Crippen molar-refractivity contribution in [2.45, 2.75) is 33.4 Å². The van der Waals surface area contributed by atoms with Gasteiger partial charge in [-0.2, -0.15) is 0 Å². The molecule has 1 aromatic carbocycles. The molecular formula is C15H17F2NS. The number of rotatable bonds is 4. The fraction of sp³-hybridized carbons (Fsp3) is 0.333. The zero-order valence-electron chi connectivity index (χ0n) is 11.3. The lowest BCUT2D eigenvalue weighted by Crippen LogP contribution is -2.19. The zero-order valence-corrected chi connectivity index (χ0v) is 12.1. The van der Waals surface area contributed by atoms with E-state index >= 15 is 0 Å². The van der Waals surface area contributed by atoms with Crippen molar-refractivity contribution < 1.29 is 8.78 Å². The fourth-order valence-electron chi connectivity index (χ4n) is 1.96. The molecule has 2 aromatic rings. The number of hydrogen-bond acceptors (Lipinski definition) is 2. The van der Waals surface area contributed by atoms with Gasteiger partial charge in [0.25, 0.3) is 0 Å². The van der Waals surface area contributed by atoms with Crippen LogP contribution in [0.25, 0.3) is 0 Å². The Bertz CT molecular complexity index is 558. The summed E-state index contributed by atoms with van der Waals surface area (Å²) in [5, 5.41) is 3.23. The summed E-state index contributed by atoms with van der Waals surface area (Å²) in [5.74, 6) is -1.56. The van der Waals surface area contributed by atoms with Crippen LogP contribution in [0.15, 0.2) is 24.3 Å². The molecule has 0 aliphatic rings. The van der Waals surface area contributed by atoms with Crippen molar-refractivity contribution in [2.75, 3.05) is 0 Å². The molecule has 0 radical (unpaired) electrons. The highest BCUT2D eigenvalue weighted by molar-refractivity contribution is 7.12. The Morgan fingerprint density at radius 2 is 2.00 bits per heavy atom. The first-order chi connectivity index (χ1) is 8.99. The standard InChI is InChI=1S/C15H17F2NS/c1-9-7-12(19-11(9)3)8-18-10(2)13-5-4-6-14(16)15(13)17/h4-7,10,18H,8H2,1-3H3. The maximum Gasteiger partial charge on any atom is 0.163 e. The first-order valence-corrected chi connectivity index (χ1v) is 7.04. The van der Waals surface area contributed by atoms with Crippen LogP contribution in [-0.4, -0.2) is 0 Å². The molecule has 0 bridgehead atoms. The summed E-state index contributed by atoms with van der Waals surface area (Å²) in [4.78, 5) is 2.50. The maximum absolute atomic E-state index is 13.6. The van der Waals surface area contributed by atoms with Gasteiger partial charge in [0.15, 0.2) is 11.6 Å². The van der Waals surface area contributed by atoms with Gasteiger partial charge < -0.3 is 5.32 Å². The Morgan fingerprint density at radius 3 is 2.63 bits per heavy atom.